The molecule has 1 aromatic carbocycles. The van der Waals surface area contributed by atoms with Gasteiger partial charge in [-0.3, -0.25) is 4.79 Å². The van der Waals surface area contributed by atoms with Gasteiger partial charge in [0.05, 0.1) is 12.2 Å². The molecular formula is C11H13BrClNO2. The molecule has 1 aromatic rings. The van der Waals surface area contributed by atoms with E-state index in [4.69, 9.17) is 16.3 Å². The van der Waals surface area contributed by atoms with Crippen LogP contribution in [-0.2, 0) is 4.74 Å². The Labute approximate surface area is 108 Å². The van der Waals surface area contributed by atoms with Crippen LogP contribution in [0.3, 0.4) is 0 Å². The van der Waals surface area contributed by atoms with Gasteiger partial charge in [0, 0.05) is 22.6 Å². The van der Waals surface area contributed by atoms with Gasteiger partial charge in [-0.1, -0.05) is 11.6 Å². The van der Waals surface area contributed by atoms with Crippen molar-refractivity contribution >= 4 is 33.4 Å². The third-order valence-electron chi connectivity index (χ3n) is 1.91. The number of rotatable bonds is 5. The minimum Gasteiger partial charge on any atom is -0.380 e. The summed E-state index contributed by atoms with van der Waals surface area (Å²) in [6.45, 7) is 3.57. The SMILES string of the molecule is CCOCCNC(=O)c1cc(Cl)ccc1Br. The Kier molecular flexibility index (Phi) is 5.80. The summed E-state index contributed by atoms with van der Waals surface area (Å²) in [6.07, 6.45) is 0. The van der Waals surface area contributed by atoms with E-state index < -0.39 is 0 Å². The van der Waals surface area contributed by atoms with E-state index in [-0.39, 0.29) is 5.91 Å². The van der Waals surface area contributed by atoms with Gasteiger partial charge < -0.3 is 10.1 Å². The van der Waals surface area contributed by atoms with Crippen molar-refractivity contribution < 1.29 is 9.53 Å². The van der Waals surface area contributed by atoms with Crippen molar-refractivity contribution in [3.05, 3.63) is 33.3 Å². The van der Waals surface area contributed by atoms with E-state index in [1.165, 1.54) is 0 Å². The second kappa shape index (κ2) is 6.89. The fourth-order valence-electron chi connectivity index (χ4n) is 1.15. The summed E-state index contributed by atoms with van der Waals surface area (Å²) in [5, 5.41) is 3.29. The Morgan fingerprint density at radius 2 is 2.31 bits per heavy atom. The predicted octanol–water partition coefficient (Wildman–Crippen LogP) is 2.87. The zero-order valence-corrected chi connectivity index (χ0v) is 11.3. The lowest BCUT2D eigenvalue weighted by Gasteiger charge is -2.07. The topological polar surface area (TPSA) is 38.3 Å². The summed E-state index contributed by atoms with van der Waals surface area (Å²) in [6, 6.07) is 5.10. The lowest BCUT2D eigenvalue weighted by atomic mass is 10.2. The van der Waals surface area contributed by atoms with Gasteiger partial charge in [-0.15, -0.1) is 0 Å². The van der Waals surface area contributed by atoms with Gasteiger partial charge in [0.2, 0.25) is 0 Å². The van der Waals surface area contributed by atoms with Crippen LogP contribution >= 0.6 is 27.5 Å². The molecular weight excluding hydrogens is 293 g/mol. The first kappa shape index (κ1) is 13.5. The van der Waals surface area contributed by atoms with E-state index in [2.05, 4.69) is 21.2 Å². The molecule has 3 nitrogen and oxygen atoms in total. The van der Waals surface area contributed by atoms with Gasteiger partial charge in [0.15, 0.2) is 0 Å². The molecule has 1 N–H and O–H groups in total. The number of hydrogen-bond acceptors (Lipinski definition) is 2. The van der Waals surface area contributed by atoms with Crippen LogP contribution in [-0.4, -0.2) is 25.7 Å². The van der Waals surface area contributed by atoms with Crippen LogP contribution in [0.5, 0.6) is 0 Å². The molecule has 0 aliphatic heterocycles. The number of carbonyl (C=O) groups is 1. The molecule has 0 aromatic heterocycles. The third kappa shape index (κ3) is 4.12. The van der Waals surface area contributed by atoms with Gasteiger partial charge in [0.1, 0.15) is 0 Å². The Hall–Kier alpha value is -0.580. The van der Waals surface area contributed by atoms with E-state index in [1.807, 2.05) is 6.92 Å². The van der Waals surface area contributed by atoms with E-state index in [9.17, 15) is 4.79 Å². The maximum Gasteiger partial charge on any atom is 0.252 e. The molecule has 0 aliphatic carbocycles. The van der Waals surface area contributed by atoms with Gasteiger partial charge in [-0.2, -0.15) is 0 Å². The molecule has 16 heavy (non-hydrogen) atoms. The standard InChI is InChI=1S/C11H13BrClNO2/c1-2-16-6-5-14-11(15)9-7-8(13)3-4-10(9)12/h3-4,7H,2,5-6H2,1H3,(H,14,15). The quantitative estimate of drug-likeness (QED) is 0.850. The molecule has 0 unspecified atom stereocenters. The first-order valence-corrected chi connectivity index (χ1v) is 6.13. The minimum absolute atomic E-state index is 0.158. The summed E-state index contributed by atoms with van der Waals surface area (Å²) in [5.41, 5.74) is 0.531. The fourth-order valence-corrected chi connectivity index (χ4v) is 1.75. The number of hydrogen-bond donors (Lipinski definition) is 1. The first-order valence-electron chi connectivity index (χ1n) is 4.96. The molecule has 5 heteroatoms. The van der Waals surface area contributed by atoms with Crippen LogP contribution in [0.25, 0.3) is 0 Å². The van der Waals surface area contributed by atoms with Crippen molar-refractivity contribution in [2.24, 2.45) is 0 Å². The van der Waals surface area contributed by atoms with Crippen molar-refractivity contribution in [3.63, 3.8) is 0 Å². The Morgan fingerprint density at radius 3 is 3.00 bits per heavy atom. The first-order chi connectivity index (χ1) is 7.65. The molecule has 0 atom stereocenters. The molecule has 1 amide bonds. The van der Waals surface area contributed by atoms with Gasteiger partial charge in [0.25, 0.3) is 5.91 Å². The van der Waals surface area contributed by atoms with Gasteiger partial charge in [-0.05, 0) is 41.1 Å². The van der Waals surface area contributed by atoms with Crippen LogP contribution in [0.1, 0.15) is 17.3 Å². The number of amides is 1. The second-order valence-corrected chi connectivity index (χ2v) is 4.37. The average molecular weight is 307 g/mol. The molecule has 0 fully saturated rings. The monoisotopic (exact) mass is 305 g/mol. The summed E-state index contributed by atoms with van der Waals surface area (Å²) in [7, 11) is 0. The van der Waals surface area contributed by atoms with Crippen molar-refractivity contribution in [2.45, 2.75) is 6.92 Å². The molecule has 0 aliphatic rings. The molecule has 1 rings (SSSR count). The number of nitrogens with one attached hydrogen (secondary N) is 1. The Morgan fingerprint density at radius 1 is 1.56 bits per heavy atom. The zero-order chi connectivity index (χ0) is 12.0. The van der Waals surface area contributed by atoms with Crippen LogP contribution in [0.15, 0.2) is 22.7 Å². The molecule has 0 radical (unpaired) electrons. The number of halogens is 2. The normalized spacial score (nSPS) is 10.2. The highest BCUT2D eigenvalue weighted by molar-refractivity contribution is 9.10. The third-order valence-corrected chi connectivity index (χ3v) is 2.84. The van der Waals surface area contributed by atoms with Crippen molar-refractivity contribution in [1.29, 1.82) is 0 Å². The maximum absolute atomic E-state index is 11.7. The van der Waals surface area contributed by atoms with Crippen molar-refractivity contribution in [3.8, 4) is 0 Å². The van der Waals surface area contributed by atoms with Crippen LogP contribution in [0.2, 0.25) is 5.02 Å². The number of ether oxygens (including phenoxy) is 1. The van der Waals surface area contributed by atoms with E-state index >= 15 is 0 Å². The molecule has 0 saturated heterocycles. The highest BCUT2D eigenvalue weighted by Gasteiger charge is 2.09. The van der Waals surface area contributed by atoms with Gasteiger partial charge in [-0.25, -0.2) is 0 Å². The van der Waals surface area contributed by atoms with Crippen molar-refractivity contribution in [1.82, 2.24) is 5.32 Å². The van der Waals surface area contributed by atoms with E-state index in [0.29, 0.717) is 30.3 Å². The number of carbonyl (C=O) groups excluding carboxylic acids is 1. The van der Waals surface area contributed by atoms with Crippen LogP contribution < -0.4 is 5.32 Å². The van der Waals surface area contributed by atoms with Gasteiger partial charge >= 0.3 is 0 Å². The van der Waals surface area contributed by atoms with Crippen molar-refractivity contribution in [2.75, 3.05) is 19.8 Å². The lowest BCUT2D eigenvalue weighted by molar-refractivity contribution is 0.0922. The molecule has 0 heterocycles. The average Bonchev–Trinajstić information content (AvgIpc) is 2.27. The second-order valence-electron chi connectivity index (χ2n) is 3.08. The summed E-state index contributed by atoms with van der Waals surface area (Å²) >= 11 is 9.12. The highest BCUT2D eigenvalue weighted by Crippen LogP contribution is 2.20. The largest absolute Gasteiger partial charge is 0.380 e. The molecule has 0 spiro atoms. The number of benzene rings is 1. The summed E-state index contributed by atoms with van der Waals surface area (Å²) in [5.74, 6) is -0.158. The minimum atomic E-state index is -0.158. The van der Waals surface area contributed by atoms with Crippen LogP contribution in [0, 0.1) is 0 Å². The zero-order valence-electron chi connectivity index (χ0n) is 8.93. The smallest absolute Gasteiger partial charge is 0.252 e. The maximum atomic E-state index is 11.7. The van der Waals surface area contributed by atoms with E-state index in [0.717, 1.165) is 4.47 Å². The Balaban J connectivity index is 2.55. The highest BCUT2D eigenvalue weighted by atomic mass is 79.9. The molecule has 0 saturated carbocycles. The molecule has 88 valence electrons. The summed E-state index contributed by atoms with van der Waals surface area (Å²) < 4.78 is 5.85. The van der Waals surface area contributed by atoms with Crippen LogP contribution in [0.4, 0.5) is 0 Å². The predicted molar refractivity (Wildman–Crippen MR) is 68.0 cm³/mol. The fraction of sp³-hybridized carbons (Fsp3) is 0.364. The molecule has 0 bridgehead atoms. The van der Waals surface area contributed by atoms with E-state index in [1.54, 1.807) is 18.2 Å². The lowest BCUT2D eigenvalue weighted by Crippen LogP contribution is -2.27. The Bertz CT molecular complexity index is 371. The summed E-state index contributed by atoms with van der Waals surface area (Å²) in [4.78, 5) is 11.7.